The zero-order valence-electron chi connectivity index (χ0n) is 5.47. The summed E-state index contributed by atoms with van der Waals surface area (Å²) in [7, 11) is 6.87. The molecule has 1 heterocycles. The molecule has 2 nitrogen and oxygen atoms in total. The van der Waals surface area contributed by atoms with Gasteiger partial charge in [-0.3, -0.25) is 4.79 Å². The Balaban J connectivity index is 3.50. The SMILES string of the molecule is [B]c1ccc(Cl)n(C)c1=O. The third kappa shape index (κ3) is 1.09. The van der Waals surface area contributed by atoms with Gasteiger partial charge in [0.05, 0.1) is 0 Å². The van der Waals surface area contributed by atoms with Crippen LogP contribution in [0.15, 0.2) is 16.9 Å². The topological polar surface area (TPSA) is 22.0 Å². The summed E-state index contributed by atoms with van der Waals surface area (Å²) in [5.41, 5.74) is -0.0422. The van der Waals surface area contributed by atoms with Crippen molar-refractivity contribution in [2.24, 2.45) is 7.05 Å². The van der Waals surface area contributed by atoms with Crippen molar-refractivity contribution in [1.82, 2.24) is 4.57 Å². The van der Waals surface area contributed by atoms with E-state index in [2.05, 4.69) is 0 Å². The fraction of sp³-hybridized carbons (Fsp3) is 0.167. The number of aromatic nitrogens is 1. The smallest absolute Gasteiger partial charge is 0.244 e. The van der Waals surface area contributed by atoms with Crippen LogP contribution in [-0.2, 0) is 7.05 Å². The van der Waals surface area contributed by atoms with E-state index in [0.717, 1.165) is 0 Å². The van der Waals surface area contributed by atoms with Crippen molar-refractivity contribution < 1.29 is 0 Å². The van der Waals surface area contributed by atoms with Gasteiger partial charge in [0.1, 0.15) is 13.0 Å². The maximum Gasteiger partial charge on any atom is 0.244 e. The molecular formula is C6H5BClNO. The first-order chi connectivity index (χ1) is 4.63. The summed E-state index contributed by atoms with van der Waals surface area (Å²) in [5, 5.41) is 0.388. The van der Waals surface area contributed by atoms with Gasteiger partial charge in [-0.15, -0.1) is 0 Å². The molecule has 0 unspecified atom stereocenters. The summed E-state index contributed by atoms with van der Waals surface area (Å²) >= 11 is 5.59. The van der Waals surface area contributed by atoms with Crippen LogP contribution in [-0.4, -0.2) is 12.4 Å². The number of nitrogens with zero attached hydrogens (tertiary/aromatic N) is 1. The standard InChI is InChI=1S/C6H5BClNO/c1-9-5(8)3-2-4(7)6(9)10/h2-3H,1H3. The molecule has 0 bridgehead atoms. The second-order valence-corrected chi connectivity index (χ2v) is 2.36. The van der Waals surface area contributed by atoms with Gasteiger partial charge in [0.2, 0.25) is 5.56 Å². The largest absolute Gasteiger partial charge is 0.303 e. The van der Waals surface area contributed by atoms with Gasteiger partial charge in [-0.1, -0.05) is 17.7 Å². The molecular weight excluding hydrogens is 148 g/mol. The minimum atomic E-state index is -0.257. The average Bonchev–Trinajstić information content (AvgIpc) is 1.93. The first kappa shape index (κ1) is 7.41. The van der Waals surface area contributed by atoms with Crippen LogP contribution in [0.4, 0.5) is 0 Å². The van der Waals surface area contributed by atoms with Crippen LogP contribution in [0, 0.1) is 0 Å². The minimum absolute atomic E-state index is 0.215. The molecule has 0 aromatic carbocycles. The van der Waals surface area contributed by atoms with Crippen molar-refractivity contribution in [2.45, 2.75) is 0 Å². The van der Waals surface area contributed by atoms with E-state index in [1.54, 1.807) is 13.1 Å². The minimum Gasteiger partial charge on any atom is -0.303 e. The van der Waals surface area contributed by atoms with Crippen LogP contribution in [0.5, 0.6) is 0 Å². The maximum absolute atomic E-state index is 10.9. The van der Waals surface area contributed by atoms with Crippen LogP contribution in [0.25, 0.3) is 0 Å². The first-order valence-corrected chi connectivity index (χ1v) is 3.11. The molecule has 0 spiro atoms. The van der Waals surface area contributed by atoms with Gasteiger partial charge in [0.25, 0.3) is 0 Å². The first-order valence-electron chi connectivity index (χ1n) is 2.74. The Morgan fingerprint density at radius 1 is 1.60 bits per heavy atom. The van der Waals surface area contributed by atoms with E-state index in [-0.39, 0.29) is 11.0 Å². The van der Waals surface area contributed by atoms with Gasteiger partial charge in [0.15, 0.2) is 0 Å². The lowest BCUT2D eigenvalue weighted by Gasteiger charge is -2.00. The summed E-state index contributed by atoms with van der Waals surface area (Å²) in [5.74, 6) is 0. The molecule has 0 aliphatic carbocycles. The number of pyridine rings is 1. The van der Waals surface area contributed by atoms with Crippen LogP contribution in [0.1, 0.15) is 0 Å². The summed E-state index contributed by atoms with van der Waals surface area (Å²) in [6.07, 6.45) is 0. The van der Waals surface area contributed by atoms with Gasteiger partial charge in [-0.2, -0.15) is 0 Å². The van der Waals surface area contributed by atoms with Crippen LogP contribution < -0.4 is 11.0 Å². The van der Waals surface area contributed by atoms with E-state index < -0.39 is 0 Å². The highest BCUT2D eigenvalue weighted by molar-refractivity contribution is 6.33. The Morgan fingerprint density at radius 2 is 2.20 bits per heavy atom. The summed E-state index contributed by atoms with van der Waals surface area (Å²) in [4.78, 5) is 10.9. The van der Waals surface area contributed by atoms with Crippen molar-refractivity contribution in [1.29, 1.82) is 0 Å². The van der Waals surface area contributed by atoms with Crippen LogP contribution >= 0.6 is 11.6 Å². The molecule has 0 fully saturated rings. The lowest BCUT2D eigenvalue weighted by Crippen LogP contribution is -2.32. The van der Waals surface area contributed by atoms with Crippen molar-refractivity contribution >= 4 is 24.9 Å². The van der Waals surface area contributed by atoms with Crippen molar-refractivity contribution in [3.05, 3.63) is 27.6 Å². The van der Waals surface area contributed by atoms with Crippen molar-refractivity contribution in [3.63, 3.8) is 0 Å². The zero-order chi connectivity index (χ0) is 7.72. The molecule has 4 heteroatoms. The molecule has 0 atom stereocenters. The van der Waals surface area contributed by atoms with E-state index in [9.17, 15) is 4.79 Å². The van der Waals surface area contributed by atoms with Crippen molar-refractivity contribution in [2.75, 3.05) is 0 Å². The highest BCUT2D eigenvalue weighted by Gasteiger charge is 1.96. The van der Waals surface area contributed by atoms with Gasteiger partial charge in [-0.25, -0.2) is 0 Å². The van der Waals surface area contributed by atoms with E-state index >= 15 is 0 Å². The highest BCUT2D eigenvalue weighted by Crippen LogP contribution is 1.99. The maximum atomic E-state index is 10.9. The van der Waals surface area contributed by atoms with Gasteiger partial charge < -0.3 is 4.57 Å². The van der Waals surface area contributed by atoms with Crippen LogP contribution in [0.2, 0.25) is 5.15 Å². The molecule has 0 amide bonds. The average molecular weight is 153 g/mol. The van der Waals surface area contributed by atoms with E-state index in [1.165, 1.54) is 10.6 Å². The summed E-state index contributed by atoms with van der Waals surface area (Å²) in [6.45, 7) is 0. The van der Waals surface area contributed by atoms with Gasteiger partial charge >= 0.3 is 0 Å². The summed E-state index contributed by atoms with van der Waals surface area (Å²) < 4.78 is 1.29. The molecule has 10 heavy (non-hydrogen) atoms. The second-order valence-electron chi connectivity index (χ2n) is 1.98. The molecule has 0 aliphatic heterocycles. The summed E-state index contributed by atoms with van der Waals surface area (Å²) in [6, 6.07) is 3.07. The third-order valence-corrected chi connectivity index (χ3v) is 1.65. The monoisotopic (exact) mass is 153 g/mol. The Kier molecular flexibility index (Phi) is 1.86. The molecule has 0 saturated heterocycles. The van der Waals surface area contributed by atoms with E-state index in [4.69, 9.17) is 19.4 Å². The normalized spacial score (nSPS) is 9.80. The molecule has 1 aromatic rings. The fourth-order valence-corrected chi connectivity index (χ4v) is 0.772. The number of rotatable bonds is 0. The molecule has 1 aromatic heterocycles. The molecule has 0 aliphatic rings. The molecule has 2 radical (unpaired) electrons. The highest BCUT2D eigenvalue weighted by atomic mass is 35.5. The lowest BCUT2D eigenvalue weighted by molar-refractivity contribution is 0.869. The quantitative estimate of drug-likeness (QED) is 0.375. The predicted molar refractivity (Wildman–Crippen MR) is 42.1 cm³/mol. The number of halogens is 1. The fourth-order valence-electron chi connectivity index (χ4n) is 0.632. The van der Waals surface area contributed by atoms with E-state index in [0.29, 0.717) is 5.15 Å². The van der Waals surface area contributed by atoms with Crippen LogP contribution in [0.3, 0.4) is 0 Å². The molecule has 0 saturated carbocycles. The van der Waals surface area contributed by atoms with Gasteiger partial charge in [-0.05, 0) is 11.5 Å². The second kappa shape index (κ2) is 2.50. The Bertz CT molecular complexity index is 307. The van der Waals surface area contributed by atoms with E-state index in [1.807, 2.05) is 0 Å². The lowest BCUT2D eigenvalue weighted by atomic mass is 9.99. The molecule has 1 rings (SSSR count). The Hall–Kier alpha value is -0.695. The number of hydrogen-bond donors (Lipinski definition) is 0. The Morgan fingerprint density at radius 3 is 2.70 bits per heavy atom. The number of hydrogen-bond acceptors (Lipinski definition) is 1. The predicted octanol–water partition coefficient (Wildman–Crippen LogP) is -0.168. The third-order valence-electron chi connectivity index (χ3n) is 1.27. The Labute approximate surface area is 64.8 Å². The zero-order valence-corrected chi connectivity index (χ0v) is 6.22. The van der Waals surface area contributed by atoms with Crippen molar-refractivity contribution in [3.8, 4) is 0 Å². The van der Waals surface area contributed by atoms with Gasteiger partial charge in [0, 0.05) is 7.05 Å². The molecule has 50 valence electrons. The molecule has 0 N–H and O–H groups in total.